The lowest BCUT2D eigenvalue weighted by atomic mass is 10.1. The molecule has 0 radical (unpaired) electrons. The Morgan fingerprint density at radius 2 is 2.25 bits per heavy atom. The maximum Gasteiger partial charge on any atom is 0.0422 e. The van der Waals surface area contributed by atoms with Crippen molar-refractivity contribution in [1.29, 1.82) is 0 Å². The van der Waals surface area contributed by atoms with Gasteiger partial charge < -0.3 is 5.32 Å². The Balaban J connectivity index is 1.70. The van der Waals surface area contributed by atoms with Gasteiger partial charge in [-0.25, -0.2) is 0 Å². The lowest BCUT2D eigenvalue weighted by molar-refractivity contribution is 0.328. The molecule has 2 heterocycles. The minimum atomic E-state index is 0.478. The first-order valence-electron chi connectivity index (χ1n) is 8.56. The molecular weight excluding hydrogens is 294 g/mol. The Bertz CT molecular complexity index is 796. The number of benzene rings is 1. The maximum absolute atomic E-state index is 4.21. The molecule has 1 N–H and O–H groups in total. The molecule has 3 rings (SSSR count). The Hall–Kier alpha value is -2.39. The number of hydrogen-bond donors (Lipinski definition) is 1. The van der Waals surface area contributed by atoms with Crippen molar-refractivity contribution in [1.82, 2.24) is 9.88 Å². The zero-order valence-electron chi connectivity index (χ0n) is 14.3. The zero-order valence-corrected chi connectivity index (χ0v) is 14.3. The largest absolute Gasteiger partial charge is 0.380 e. The highest BCUT2D eigenvalue weighted by atomic mass is 15.2. The number of anilines is 1. The fourth-order valence-corrected chi connectivity index (χ4v) is 3.33. The van der Waals surface area contributed by atoms with E-state index in [-0.39, 0.29) is 0 Å². The fraction of sp³-hybridized carbons (Fsp3) is 0.286. The monoisotopic (exact) mass is 319 g/mol. The van der Waals surface area contributed by atoms with Gasteiger partial charge in [0.15, 0.2) is 0 Å². The Kier molecular flexibility index (Phi) is 5.44. The highest BCUT2D eigenvalue weighted by Crippen LogP contribution is 2.15. The van der Waals surface area contributed by atoms with Gasteiger partial charge in [0.1, 0.15) is 0 Å². The van der Waals surface area contributed by atoms with Gasteiger partial charge in [-0.1, -0.05) is 43.0 Å². The van der Waals surface area contributed by atoms with Crippen molar-refractivity contribution in [3.63, 3.8) is 0 Å². The lowest BCUT2D eigenvalue weighted by Crippen LogP contribution is -2.32. The van der Waals surface area contributed by atoms with Gasteiger partial charge in [-0.3, -0.25) is 9.88 Å². The van der Waals surface area contributed by atoms with Crippen LogP contribution in [0.1, 0.15) is 18.9 Å². The molecule has 1 aliphatic heterocycles. The first-order valence-corrected chi connectivity index (χ1v) is 8.56. The summed E-state index contributed by atoms with van der Waals surface area (Å²) in [6.07, 6.45) is 11.0. The molecule has 2 aromatic rings. The molecule has 1 aromatic carbocycles. The Morgan fingerprint density at radius 1 is 1.33 bits per heavy atom. The summed E-state index contributed by atoms with van der Waals surface area (Å²) in [5, 5.41) is 6.19. The van der Waals surface area contributed by atoms with Gasteiger partial charge in [0.25, 0.3) is 0 Å². The van der Waals surface area contributed by atoms with Crippen molar-refractivity contribution in [2.75, 3.05) is 18.4 Å². The number of nitrogens with zero attached hydrogens (tertiary/aromatic N) is 2. The van der Waals surface area contributed by atoms with Gasteiger partial charge >= 0.3 is 0 Å². The van der Waals surface area contributed by atoms with Gasteiger partial charge in [-0.15, -0.1) is 0 Å². The molecule has 1 fully saturated rings. The van der Waals surface area contributed by atoms with Gasteiger partial charge in [0.2, 0.25) is 0 Å². The molecule has 0 spiro atoms. The number of allylic oxidation sites excluding steroid dienone is 1. The topological polar surface area (TPSA) is 28.2 Å². The number of nitrogens with one attached hydrogen (secondary N) is 1. The third-order valence-electron chi connectivity index (χ3n) is 4.50. The third-order valence-corrected chi connectivity index (χ3v) is 4.50. The standard InChI is InChI=1S/C21H25N3/c1-3-7-20-18(4-2)9-5-10-21(20)23-19-11-13-24(16-19)15-17-8-6-12-22-14-17/h3-10,12,14,19,23H,1,11,13,15-16H2,2H3/b18-4-,20-7+. The zero-order chi connectivity index (χ0) is 16.8. The van der Waals surface area contributed by atoms with Crippen molar-refractivity contribution < 1.29 is 0 Å². The molecule has 1 aliphatic rings. The Labute approximate surface area is 144 Å². The van der Waals surface area contributed by atoms with Crippen LogP contribution in [-0.4, -0.2) is 29.0 Å². The molecular formula is C21H25N3. The summed E-state index contributed by atoms with van der Waals surface area (Å²) < 4.78 is 0. The van der Waals surface area contributed by atoms with Crippen LogP contribution in [0.2, 0.25) is 0 Å². The minimum Gasteiger partial charge on any atom is -0.380 e. The molecule has 0 amide bonds. The van der Waals surface area contributed by atoms with Crippen molar-refractivity contribution in [2.24, 2.45) is 0 Å². The lowest BCUT2D eigenvalue weighted by Gasteiger charge is -2.18. The van der Waals surface area contributed by atoms with E-state index in [1.54, 1.807) is 0 Å². The van der Waals surface area contributed by atoms with Crippen LogP contribution in [0, 0.1) is 0 Å². The molecule has 0 bridgehead atoms. The predicted molar refractivity (Wildman–Crippen MR) is 102 cm³/mol. The van der Waals surface area contributed by atoms with E-state index in [9.17, 15) is 0 Å². The molecule has 1 atom stereocenters. The van der Waals surface area contributed by atoms with E-state index in [0.29, 0.717) is 6.04 Å². The van der Waals surface area contributed by atoms with Crippen molar-refractivity contribution in [3.05, 3.63) is 71.4 Å². The van der Waals surface area contributed by atoms with Gasteiger partial charge in [0, 0.05) is 49.0 Å². The van der Waals surface area contributed by atoms with E-state index in [2.05, 4.69) is 65.1 Å². The van der Waals surface area contributed by atoms with Crippen LogP contribution in [0.25, 0.3) is 12.2 Å². The molecule has 3 nitrogen and oxygen atoms in total. The van der Waals surface area contributed by atoms with E-state index in [0.717, 1.165) is 26.1 Å². The second-order valence-electron chi connectivity index (χ2n) is 6.23. The average molecular weight is 319 g/mol. The molecule has 1 saturated heterocycles. The van der Waals surface area contributed by atoms with Crippen molar-refractivity contribution in [2.45, 2.75) is 25.9 Å². The van der Waals surface area contributed by atoms with Gasteiger partial charge in [-0.2, -0.15) is 0 Å². The molecule has 1 aromatic heterocycles. The minimum absolute atomic E-state index is 0.478. The molecule has 3 heteroatoms. The second-order valence-corrected chi connectivity index (χ2v) is 6.23. The van der Waals surface area contributed by atoms with E-state index in [1.807, 2.05) is 24.5 Å². The summed E-state index contributed by atoms with van der Waals surface area (Å²) in [6.45, 7) is 9.07. The van der Waals surface area contributed by atoms with Crippen LogP contribution >= 0.6 is 0 Å². The van der Waals surface area contributed by atoms with Crippen LogP contribution in [0.3, 0.4) is 0 Å². The molecule has 124 valence electrons. The highest BCUT2D eigenvalue weighted by Gasteiger charge is 2.22. The van der Waals surface area contributed by atoms with Crippen LogP contribution in [0.15, 0.2) is 55.4 Å². The molecule has 24 heavy (non-hydrogen) atoms. The summed E-state index contributed by atoms with van der Waals surface area (Å²) in [5.41, 5.74) is 2.47. The maximum atomic E-state index is 4.21. The second kappa shape index (κ2) is 7.93. The quantitative estimate of drug-likeness (QED) is 0.918. The normalized spacial score (nSPS) is 19.6. The van der Waals surface area contributed by atoms with Crippen LogP contribution in [0.5, 0.6) is 0 Å². The predicted octanol–water partition coefficient (Wildman–Crippen LogP) is 2.53. The van der Waals surface area contributed by atoms with Crippen molar-refractivity contribution >= 4 is 17.8 Å². The first-order chi connectivity index (χ1) is 11.8. The fourth-order valence-electron chi connectivity index (χ4n) is 3.33. The average Bonchev–Trinajstić information content (AvgIpc) is 3.04. The first kappa shape index (κ1) is 16.5. The van der Waals surface area contributed by atoms with E-state index in [1.165, 1.54) is 21.7 Å². The van der Waals surface area contributed by atoms with Gasteiger partial charge in [0.05, 0.1) is 0 Å². The highest BCUT2D eigenvalue weighted by molar-refractivity contribution is 5.54. The van der Waals surface area contributed by atoms with E-state index < -0.39 is 0 Å². The van der Waals surface area contributed by atoms with E-state index in [4.69, 9.17) is 0 Å². The number of pyridine rings is 1. The summed E-state index contributed by atoms with van der Waals surface area (Å²) in [4.78, 5) is 6.69. The van der Waals surface area contributed by atoms with Gasteiger partial charge in [-0.05, 0) is 36.3 Å². The summed E-state index contributed by atoms with van der Waals surface area (Å²) in [5.74, 6) is 0. The third kappa shape index (κ3) is 3.92. The van der Waals surface area contributed by atoms with Crippen molar-refractivity contribution in [3.8, 4) is 0 Å². The SMILES string of the molecule is C=C/C=c1/c(NC2CCN(Cc3cccnc3)C2)ccc/c1=C/C. The van der Waals surface area contributed by atoms with Crippen LogP contribution < -0.4 is 15.8 Å². The molecule has 1 unspecified atom stereocenters. The van der Waals surface area contributed by atoms with Crippen LogP contribution in [-0.2, 0) is 6.54 Å². The summed E-state index contributed by atoms with van der Waals surface area (Å²) in [6, 6.07) is 11.0. The number of aromatic nitrogens is 1. The summed E-state index contributed by atoms with van der Waals surface area (Å²) >= 11 is 0. The van der Waals surface area contributed by atoms with E-state index >= 15 is 0 Å². The number of hydrogen-bond acceptors (Lipinski definition) is 3. The molecule has 0 aliphatic carbocycles. The van der Waals surface area contributed by atoms with Crippen LogP contribution in [0.4, 0.5) is 5.69 Å². The number of likely N-dealkylation sites (tertiary alicyclic amines) is 1. The molecule has 0 saturated carbocycles. The smallest absolute Gasteiger partial charge is 0.0422 e. The summed E-state index contributed by atoms with van der Waals surface area (Å²) in [7, 11) is 0. The number of rotatable bonds is 5. The Morgan fingerprint density at radius 3 is 3.00 bits per heavy atom.